The highest BCUT2D eigenvalue weighted by Gasteiger charge is 2.12. The fourth-order valence-corrected chi connectivity index (χ4v) is 1.40. The van der Waals surface area contributed by atoms with Crippen LogP contribution in [-0.4, -0.2) is 0 Å². The van der Waals surface area contributed by atoms with Crippen molar-refractivity contribution in [3.05, 3.63) is 53.6 Å². The minimum atomic E-state index is -0.753. The molecule has 0 unspecified atom stereocenters. The van der Waals surface area contributed by atoms with Crippen LogP contribution in [0.3, 0.4) is 0 Å². The summed E-state index contributed by atoms with van der Waals surface area (Å²) in [7, 11) is 0. The molecule has 90 valence electrons. The van der Waals surface area contributed by atoms with Crippen LogP contribution >= 0.6 is 0 Å². The Hall–Kier alpha value is -2.61. The maximum Gasteiger partial charge on any atom is 0.186 e. The van der Waals surface area contributed by atoms with Crippen LogP contribution in [0.4, 0.5) is 14.5 Å². The van der Waals surface area contributed by atoms with Gasteiger partial charge in [0.1, 0.15) is 0 Å². The van der Waals surface area contributed by atoms with Crippen LogP contribution in [0.2, 0.25) is 0 Å². The van der Waals surface area contributed by atoms with Gasteiger partial charge in [-0.3, -0.25) is 0 Å². The third-order valence-electron chi connectivity index (χ3n) is 2.27. The second-order valence-corrected chi connectivity index (χ2v) is 3.52. The number of para-hydroxylation sites is 1. The highest BCUT2D eigenvalue weighted by Crippen LogP contribution is 2.31. The van der Waals surface area contributed by atoms with Gasteiger partial charge in [0.05, 0.1) is 17.3 Å². The van der Waals surface area contributed by atoms with Crippen molar-refractivity contribution >= 4 is 5.69 Å². The maximum atomic E-state index is 13.5. The first-order valence-electron chi connectivity index (χ1n) is 5.03. The predicted octanol–water partition coefficient (Wildman–Crippen LogP) is 3.21. The normalized spacial score (nSPS) is 9.83. The van der Waals surface area contributed by atoms with Crippen LogP contribution in [-0.2, 0) is 0 Å². The van der Waals surface area contributed by atoms with Gasteiger partial charge in [0.25, 0.3) is 0 Å². The molecule has 0 aromatic heterocycles. The number of ether oxygens (including phenoxy) is 1. The average Bonchev–Trinajstić information content (AvgIpc) is 2.35. The molecule has 0 heterocycles. The van der Waals surface area contributed by atoms with Gasteiger partial charge in [0, 0.05) is 0 Å². The van der Waals surface area contributed by atoms with E-state index in [1.54, 1.807) is 6.07 Å². The van der Waals surface area contributed by atoms with Crippen LogP contribution in [0, 0.1) is 23.0 Å². The van der Waals surface area contributed by atoms with E-state index in [1.165, 1.54) is 24.3 Å². The molecule has 2 aromatic carbocycles. The van der Waals surface area contributed by atoms with Crippen LogP contribution in [0.15, 0.2) is 36.4 Å². The molecule has 0 bridgehead atoms. The van der Waals surface area contributed by atoms with Crippen molar-refractivity contribution in [3.8, 4) is 17.6 Å². The molecule has 3 nitrogen and oxygen atoms in total. The van der Waals surface area contributed by atoms with E-state index in [9.17, 15) is 8.78 Å². The van der Waals surface area contributed by atoms with Crippen molar-refractivity contribution < 1.29 is 13.5 Å². The summed E-state index contributed by atoms with van der Waals surface area (Å²) >= 11 is 0. The van der Waals surface area contributed by atoms with Crippen molar-refractivity contribution in [1.82, 2.24) is 0 Å². The Morgan fingerprint density at radius 1 is 1.11 bits per heavy atom. The highest BCUT2D eigenvalue weighted by atomic mass is 19.1. The van der Waals surface area contributed by atoms with E-state index in [-0.39, 0.29) is 22.7 Å². The molecule has 0 amide bonds. The van der Waals surface area contributed by atoms with Crippen molar-refractivity contribution in [2.45, 2.75) is 0 Å². The third-order valence-corrected chi connectivity index (χ3v) is 2.27. The number of rotatable bonds is 2. The molecule has 0 fully saturated rings. The molecule has 18 heavy (non-hydrogen) atoms. The van der Waals surface area contributed by atoms with Crippen molar-refractivity contribution in [2.75, 3.05) is 5.73 Å². The summed E-state index contributed by atoms with van der Waals surface area (Å²) in [4.78, 5) is 0. The Morgan fingerprint density at radius 3 is 2.50 bits per heavy atom. The lowest BCUT2D eigenvalue weighted by atomic mass is 10.2. The Morgan fingerprint density at radius 2 is 1.89 bits per heavy atom. The summed E-state index contributed by atoms with van der Waals surface area (Å²) in [5.74, 6) is -1.86. The summed E-state index contributed by atoms with van der Waals surface area (Å²) in [6, 6.07) is 9.44. The number of nitrogens with two attached hydrogens (primary N) is 1. The minimum Gasteiger partial charge on any atom is -0.449 e. The number of nitriles is 1. The third kappa shape index (κ3) is 2.23. The van der Waals surface area contributed by atoms with Gasteiger partial charge in [0.2, 0.25) is 0 Å². The first-order valence-corrected chi connectivity index (χ1v) is 5.03. The number of hydrogen-bond acceptors (Lipinski definition) is 3. The van der Waals surface area contributed by atoms with E-state index in [2.05, 4.69) is 0 Å². The fourth-order valence-electron chi connectivity index (χ4n) is 1.40. The molecule has 0 atom stereocenters. The molecule has 2 rings (SSSR count). The lowest BCUT2D eigenvalue weighted by molar-refractivity contribution is 0.417. The van der Waals surface area contributed by atoms with Crippen LogP contribution < -0.4 is 10.5 Å². The standard InChI is InChI=1S/C13H8F2N2O/c14-9-2-1-3-11(17)13(9)18-12-5-4-8(7-16)6-10(12)15/h1-6H,17H2. The van der Waals surface area contributed by atoms with Crippen molar-refractivity contribution in [2.24, 2.45) is 0 Å². The van der Waals surface area contributed by atoms with Gasteiger partial charge in [0.15, 0.2) is 23.1 Å². The molecular formula is C13H8F2N2O. The topological polar surface area (TPSA) is 59.0 Å². The maximum absolute atomic E-state index is 13.5. The Balaban J connectivity index is 2.38. The Bertz CT molecular complexity index is 615. The SMILES string of the molecule is N#Cc1ccc(Oc2c(N)cccc2F)c(F)c1. The first-order chi connectivity index (χ1) is 8.61. The highest BCUT2D eigenvalue weighted by molar-refractivity contribution is 5.54. The molecule has 5 heteroatoms. The number of nitrogens with zero attached hydrogens (tertiary/aromatic N) is 1. The lowest BCUT2D eigenvalue weighted by Crippen LogP contribution is -1.96. The quantitative estimate of drug-likeness (QED) is 0.827. The van der Waals surface area contributed by atoms with Gasteiger partial charge < -0.3 is 10.5 Å². The molecular weight excluding hydrogens is 238 g/mol. The Labute approximate surface area is 102 Å². The second kappa shape index (κ2) is 4.72. The van der Waals surface area contributed by atoms with Gasteiger partial charge >= 0.3 is 0 Å². The predicted molar refractivity (Wildman–Crippen MR) is 62.0 cm³/mol. The summed E-state index contributed by atoms with van der Waals surface area (Å²) < 4.78 is 32.1. The minimum absolute atomic E-state index is 0.0683. The summed E-state index contributed by atoms with van der Waals surface area (Å²) in [6.45, 7) is 0. The number of halogens is 2. The van der Waals surface area contributed by atoms with Gasteiger partial charge in [-0.25, -0.2) is 8.78 Å². The lowest BCUT2D eigenvalue weighted by Gasteiger charge is -2.09. The summed E-state index contributed by atoms with van der Waals surface area (Å²) in [5, 5.41) is 8.59. The first kappa shape index (κ1) is 11.9. The van der Waals surface area contributed by atoms with E-state index in [1.807, 2.05) is 0 Å². The van der Waals surface area contributed by atoms with E-state index >= 15 is 0 Å². The van der Waals surface area contributed by atoms with Crippen molar-refractivity contribution in [1.29, 1.82) is 5.26 Å². The van der Waals surface area contributed by atoms with E-state index < -0.39 is 11.6 Å². The molecule has 0 radical (unpaired) electrons. The molecule has 0 saturated carbocycles. The van der Waals surface area contributed by atoms with Gasteiger partial charge in [-0.2, -0.15) is 5.26 Å². The fraction of sp³-hybridized carbons (Fsp3) is 0. The molecule has 2 N–H and O–H groups in total. The average molecular weight is 246 g/mol. The number of hydrogen-bond donors (Lipinski definition) is 1. The van der Waals surface area contributed by atoms with E-state index in [0.29, 0.717) is 0 Å². The van der Waals surface area contributed by atoms with Crippen molar-refractivity contribution in [3.63, 3.8) is 0 Å². The molecule has 0 aliphatic carbocycles. The van der Waals surface area contributed by atoms with Gasteiger partial charge in [-0.15, -0.1) is 0 Å². The van der Waals surface area contributed by atoms with E-state index in [0.717, 1.165) is 12.1 Å². The second-order valence-electron chi connectivity index (χ2n) is 3.52. The molecule has 0 saturated heterocycles. The molecule has 0 spiro atoms. The Kier molecular flexibility index (Phi) is 3.11. The zero-order valence-corrected chi connectivity index (χ0v) is 9.15. The molecule has 0 aliphatic heterocycles. The molecule has 2 aromatic rings. The number of benzene rings is 2. The van der Waals surface area contributed by atoms with Crippen LogP contribution in [0.1, 0.15) is 5.56 Å². The van der Waals surface area contributed by atoms with E-state index in [4.69, 9.17) is 15.7 Å². The zero-order chi connectivity index (χ0) is 13.1. The number of anilines is 1. The molecule has 0 aliphatic rings. The zero-order valence-electron chi connectivity index (χ0n) is 9.15. The van der Waals surface area contributed by atoms with Crippen LogP contribution in [0.5, 0.6) is 11.5 Å². The smallest absolute Gasteiger partial charge is 0.186 e. The largest absolute Gasteiger partial charge is 0.449 e. The summed E-state index contributed by atoms with van der Waals surface area (Å²) in [5.41, 5.74) is 5.76. The van der Waals surface area contributed by atoms with Crippen LogP contribution in [0.25, 0.3) is 0 Å². The summed E-state index contributed by atoms with van der Waals surface area (Å²) in [6.07, 6.45) is 0. The van der Waals surface area contributed by atoms with Gasteiger partial charge in [-0.05, 0) is 30.3 Å². The monoisotopic (exact) mass is 246 g/mol. The van der Waals surface area contributed by atoms with Gasteiger partial charge in [-0.1, -0.05) is 6.07 Å². The number of nitrogen functional groups attached to an aromatic ring is 1.